The zero-order chi connectivity index (χ0) is 49.1. The summed E-state index contributed by atoms with van der Waals surface area (Å²) in [7, 11) is 8.21. The zero-order valence-corrected chi connectivity index (χ0v) is 40.7. The van der Waals surface area contributed by atoms with E-state index >= 15 is 0 Å². The Morgan fingerprint density at radius 3 is 1.85 bits per heavy atom. The number of aromatic nitrogens is 5. The first kappa shape index (κ1) is 48.3. The number of likely N-dealkylation sites (N-methyl/N-ethyl adjacent to an activating group) is 1. The number of hydrogen-bond donors (Lipinski definition) is 1. The number of rotatable bonds is 13. The standard InChI is InChI=1S/C50H59N9O9/c1-30-33(24-51-26-38(30)59(47(61)67-49(2,3)4)48(62)68-50(5,6)7)37-21-31-22-43(54-44-23-32-19-20-56(8)45(60)29-58(32)55-44)52-25-34(31)46(53-37)57(27-35-39(63-9)15-13-16-40(35)64-10)28-36-41(65-11)17-14-18-42(36)66-12/h13-18,21-26H,19-20,27-29H2,1-12H3,(H,52,54,55). The first-order valence-electron chi connectivity index (χ1n) is 22.1. The summed E-state index contributed by atoms with van der Waals surface area (Å²) in [4.78, 5) is 60.0. The van der Waals surface area contributed by atoms with Gasteiger partial charge in [-0.05, 0) is 95.8 Å². The van der Waals surface area contributed by atoms with Crippen LogP contribution in [0.3, 0.4) is 0 Å². The number of ether oxygens (including phenoxy) is 6. The van der Waals surface area contributed by atoms with Gasteiger partial charge in [-0.3, -0.25) is 14.5 Å². The molecule has 1 aliphatic rings. The molecule has 18 heteroatoms. The molecule has 0 atom stereocenters. The molecule has 0 bridgehead atoms. The topological polar surface area (TPSA) is 185 Å². The van der Waals surface area contributed by atoms with Gasteiger partial charge in [0.15, 0.2) is 5.82 Å². The second kappa shape index (κ2) is 19.7. The van der Waals surface area contributed by atoms with Crippen molar-refractivity contribution in [1.29, 1.82) is 0 Å². The molecule has 3 amide bonds. The number of nitrogens with one attached hydrogen (secondary N) is 1. The molecule has 4 aromatic heterocycles. The van der Waals surface area contributed by atoms with Gasteiger partial charge in [0.05, 0.1) is 70.2 Å². The lowest BCUT2D eigenvalue weighted by Crippen LogP contribution is -2.44. The van der Waals surface area contributed by atoms with Crippen LogP contribution in [-0.2, 0) is 40.3 Å². The van der Waals surface area contributed by atoms with Crippen molar-refractivity contribution in [2.75, 3.05) is 57.1 Å². The molecule has 0 spiro atoms. The Bertz CT molecular complexity index is 2720. The van der Waals surface area contributed by atoms with Gasteiger partial charge in [-0.1, -0.05) is 12.1 Å². The fourth-order valence-corrected chi connectivity index (χ4v) is 7.86. The summed E-state index contributed by atoms with van der Waals surface area (Å²) in [6.07, 6.45) is 3.58. The van der Waals surface area contributed by atoms with Crippen molar-refractivity contribution < 1.29 is 42.8 Å². The lowest BCUT2D eigenvalue weighted by molar-refractivity contribution is -0.130. The van der Waals surface area contributed by atoms with E-state index in [1.54, 1.807) is 106 Å². The molecular weight excluding hydrogens is 871 g/mol. The summed E-state index contributed by atoms with van der Waals surface area (Å²) in [6, 6.07) is 16.9. The van der Waals surface area contributed by atoms with Gasteiger partial charge >= 0.3 is 12.2 Å². The van der Waals surface area contributed by atoms with E-state index in [1.165, 1.54) is 6.20 Å². The van der Waals surface area contributed by atoms with Crippen LogP contribution in [0.5, 0.6) is 23.0 Å². The third kappa shape index (κ3) is 10.6. The van der Waals surface area contributed by atoms with Crippen LogP contribution >= 0.6 is 0 Å². The van der Waals surface area contributed by atoms with Crippen LogP contribution in [0.25, 0.3) is 22.0 Å². The molecule has 0 radical (unpaired) electrons. The van der Waals surface area contributed by atoms with E-state index in [2.05, 4.69) is 15.2 Å². The summed E-state index contributed by atoms with van der Waals surface area (Å²) in [6.45, 7) is 13.2. The number of imide groups is 1. The summed E-state index contributed by atoms with van der Waals surface area (Å²) in [5, 5.41) is 9.45. The minimum atomic E-state index is -0.939. The normalized spacial score (nSPS) is 12.8. The Labute approximate surface area is 396 Å². The van der Waals surface area contributed by atoms with E-state index in [1.807, 2.05) is 54.6 Å². The Hall–Kier alpha value is -7.63. The molecule has 358 valence electrons. The lowest BCUT2D eigenvalue weighted by atomic mass is 10.0. The number of methoxy groups -OCH3 is 4. The SMILES string of the molecule is COc1cccc(OC)c1CN(Cc1c(OC)cccc1OC)c1nc(-c2cncc(N(C(=O)OC(C)(C)C)C(=O)OC(C)(C)C)c2C)cc2cc(Nc3cc4n(n3)CC(=O)N(C)CC4)ncc12. The Morgan fingerprint density at radius 1 is 0.765 bits per heavy atom. The first-order chi connectivity index (χ1) is 32.3. The number of nitrogens with zero attached hydrogens (tertiary/aromatic N) is 8. The van der Waals surface area contributed by atoms with E-state index in [9.17, 15) is 14.4 Å². The average Bonchev–Trinajstić information content (AvgIpc) is 3.60. The quantitative estimate of drug-likeness (QED) is 0.116. The highest BCUT2D eigenvalue weighted by Crippen LogP contribution is 2.40. The van der Waals surface area contributed by atoms with E-state index in [4.69, 9.17) is 43.5 Å². The van der Waals surface area contributed by atoms with Crippen molar-refractivity contribution in [2.24, 2.45) is 0 Å². The van der Waals surface area contributed by atoms with Crippen LogP contribution in [0.15, 0.2) is 73.2 Å². The molecule has 0 saturated heterocycles. The van der Waals surface area contributed by atoms with Crippen molar-refractivity contribution in [2.45, 2.75) is 85.7 Å². The van der Waals surface area contributed by atoms with Crippen molar-refractivity contribution >= 4 is 52.0 Å². The number of amides is 3. The molecule has 0 aliphatic carbocycles. The van der Waals surface area contributed by atoms with Crippen LogP contribution in [0, 0.1) is 6.92 Å². The Morgan fingerprint density at radius 2 is 1.32 bits per heavy atom. The highest BCUT2D eigenvalue weighted by atomic mass is 16.6. The lowest BCUT2D eigenvalue weighted by Gasteiger charge is -2.30. The van der Waals surface area contributed by atoms with Crippen LogP contribution in [-0.4, -0.2) is 101 Å². The minimum Gasteiger partial charge on any atom is -0.496 e. The molecule has 6 aromatic rings. The number of carbonyl (C=O) groups is 3. The predicted molar refractivity (Wildman–Crippen MR) is 258 cm³/mol. The number of hydrogen-bond acceptors (Lipinski definition) is 15. The summed E-state index contributed by atoms with van der Waals surface area (Å²) in [5.41, 5.74) is 2.12. The minimum absolute atomic E-state index is 0.0232. The number of fused-ring (bicyclic) bond motifs is 2. The molecule has 68 heavy (non-hydrogen) atoms. The van der Waals surface area contributed by atoms with Crippen LogP contribution in [0.1, 0.15) is 63.9 Å². The van der Waals surface area contributed by atoms with Gasteiger partial charge in [0.2, 0.25) is 5.91 Å². The summed E-state index contributed by atoms with van der Waals surface area (Å²) in [5.74, 6) is 3.85. The van der Waals surface area contributed by atoms with E-state index in [-0.39, 0.29) is 31.2 Å². The number of anilines is 4. The van der Waals surface area contributed by atoms with Gasteiger partial charge in [-0.25, -0.2) is 19.6 Å². The molecule has 1 N–H and O–H groups in total. The van der Waals surface area contributed by atoms with E-state index in [0.717, 1.165) is 21.7 Å². The van der Waals surface area contributed by atoms with Crippen molar-refractivity contribution in [3.8, 4) is 34.3 Å². The molecule has 7 rings (SSSR count). The third-order valence-electron chi connectivity index (χ3n) is 11.1. The van der Waals surface area contributed by atoms with Crippen molar-refractivity contribution in [3.05, 3.63) is 95.6 Å². The molecular formula is C50H59N9O9. The fourth-order valence-electron chi connectivity index (χ4n) is 7.86. The fraction of sp³-hybridized carbons (Fsp3) is 0.380. The maximum atomic E-state index is 13.9. The largest absolute Gasteiger partial charge is 0.496 e. The monoisotopic (exact) mass is 929 g/mol. The number of pyridine rings is 3. The Kier molecular flexibility index (Phi) is 14.0. The number of benzene rings is 2. The average molecular weight is 930 g/mol. The summed E-state index contributed by atoms with van der Waals surface area (Å²) >= 11 is 0. The van der Waals surface area contributed by atoms with Gasteiger partial charge in [0.1, 0.15) is 52.4 Å². The van der Waals surface area contributed by atoms with E-state index < -0.39 is 23.4 Å². The second-order valence-electron chi connectivity index (χ2n) is 18.3. The highest BCUT2D eigenvalue weighted by molar-refractivity contribution is 6.10. The van der Waals surface area contributed by atoms with Gasteiger partial charge in [-0.15, -0.1) is 0 Å². The van der Waals surface area contributed by atoms with Gasteiger partial charge in [-0.2, -0.15) is 10.00 Å². The maximum absolute atomic E-state index is 13.9. The summed E-state index contributed by atoms with van der Waals surface area (Å²) < 4.78 is 36.8. The number of carbonyl (C=O) groups excluding carboxylic acids is 3. The molecule has 2 aromatic carbocycles. The zero-order valence-electron chi connectivity index (χ0n) is 40.7. The van der Waals surface area contributed by atoms with Gasteiger partial charge in [0.25, 0.3) is 0 Å². The first-order valence-corrected chi connectivity index (χ1v) is 22.1. The second-order valence-corrected chi connectivity index (χ2v) is 18.3. The van der Waals surface area contributed by atoms with E-state index in [0.29, 0.717) is 81.0 Å². The van der Waals surface area contributed by atoms with Gasteiger partial charge < -0.3 is 43.5 Å². The molecule has 0 unspecified atom stereocenters. The van der Waals surface area contributed by atoms with Crippen molar-refractivity contribution in [3.63, 3.8) is 0 Å². The van der Waals surface area contributed by atoms with Gasteiger partial charge in [0, 0.05) is 55.1 Å². The Balaban J connectivity index is 1.45. The molecule has 1 aliphatic heterocycles. The maximum Gasteiger partial charge on any atom is 0.424 e. The molecule has 18 nitrogen and oxygen atoms in total. The van der Waals surface area contributed by atoms with Crippen LogP contribution in [0.4, 0.5) is 32.7 Å². The third-order valence-corrected chi connectivity index (χ3v) is 11.1. The van der Waals surface area contributed by atoms with Crippen LogP contribution in [0.2, 0.25) is 0 Å². The molecule has 0 saturated carbocycles. The van der Waals surface area contributed by atoms with Crippen LogP contribution < -0.4 is 34.1 Å². The van der Waals surface area contributed by atoms with Crippen molar-refractivity contribution in [1.82, 2.24) is 29.6 Å². The predicted octanol–water partition coefficient (Wildman–Crippen LogP) is 8.87. The smallest absolute Gasteiger partial charge is 0.424 e. The molecule has 0 fully saturated rings. The molecule has 5 heterocycles. The highest BCUT2D eigenvalue weighted by Gasteiger charge is 2.35.